The van der Waals surface area contributed by atoms with Gasteiger partial charge in [-0.3, -0.25) is 5.01 Å². The van der Waals surface area contributed by atoms with Gasteiger partial charge in [-0.15, -0.1) is 11.3 Å². The van der Waals surface area contributed by atoms with Gasteiger partial charge in [0, 0.05) is 18.5 Å². The first-order chi connectivity index (χ1) is 11.7. The Hall–Kier alpha value is -2.08. The van der Waals surface area contributed by atoms with Crippen molar-refractivity contribution in [3.05, 3.63) is 39.8 Å². The Balaban J connectivity index is 1.64. The number of hydrazone groups is 1. The van der Waals surface area contributed by atoms with Gasteiger partial charge in [0.2, 0.25) is 0 Å². The number of methoxy groups -OCH3 is 1. The number of aromatic nitrogens is 1. The average molecular weight is 345 g/mol. The molecule has 1 fully saturated rings. The van der Waals surface area contributed by atoms with Gasteiger partial charge in [0.1, 0.15) is 6.61 Å². The number of aryl methyl sites for hydroxylation is 1. The molecule has 0 radical (unpaired) electrons. The van der Waals surface area contributed by atoms with Crippen molar-refractivity contribution in [2.45, 2.75) is 32.8 Å². The van der Waals surface area contributed by atoms with Gasteiger partial charge < -0.3 is 9.47 Å². The quantitative estimate of drug-likeness (QED) is 0.746. The largest absolute Gasteiger partial charge is 0.493 e. The second-order valence-electron chi connectivity index (χ2n) is 5.82. The summed E-state index contributed by atoms with van der Waals surface area (Å²) < 4.78 is 11.3. The van der Waals surface area contributed by atoms with Crippen molar-refractivity contribution in [1.82, 2.24) is 9.99 Å². The SMILES string of the molecule is COc1cc(/C=N\N2CCCCC2)ccc1OCc1csc(C)n1. The van der Waals surface area contributed by atoms with Gasteiger partial charge in [-0.25, -0.2) is 4.98 Å². The van der Waals surface area contributed by atoms with E-state index >= 15 is 0 Å². The molecule has 1 aliphatic heterocycles. The monoisotopic (exact) mass is 345 g/mol. The molecule has 1 saturated heterocycles. The number of hydrogen-bond donors (Lipinski definition) is 0. The first-order valence-electron chi connectivity index (χ1n) is 8.25. The van der Waals surface area contributed by atoms with Crippen LogP contribution >= 0.6 is 11.3 Å². The summed E-state index contributed by atoms with van der Waals surface area (Å²) in [5.41, 5.74) is 1.95. The lowest BCUT2D eigenvalue weighted by molar-refractivity contribution is 0.240. The summed E-state index contributed by atoms with van der Waals surface area (Å²) >= 11 is 1.63. The van der Waals surface area contributed by atoms with E-state index in [-0.39, 0.29) is 0 Å². The number of thiazole rings is 1. The third-order valence-electron chi connectivity index (χ3n) is 3.93. The molecular weight excluding hydrogens is 322 g/mol. The minimum atomic E-state index is 0.446. The third-order valence-corrected chi connectivity index (χ3v) is 4.75. The van der Waals surface area contributed by atoms with Crippen LogP contribution in [0.25, 0.3) is 0 Å². The fourth-order valence-electron chi connectivity index (χ4n) is 2.65. The van der Waals surface area contributed by atoms with Crippen molar-refractivity contribution in [1.29, 1.82) is 0 Å². The number of benzene rings is 1. The number of piperidine rings is 1. The molecule has 1 aliphatic rings. The third kappa shape index (κ3) is 4.47. The molecule has 2 aromatic rings. The van der Waals surface area contributed by atoms with Gasteiger partial charge in [-0.05, 0) is 49.9 Å². The molecule has 128 valence electrons. The molecule has 24 heavy (non-hydrogen) atoms. The zero-order valence-electron chi connectivity index (χ0n) is 14.2. The van der Waals surface area contributed by atoms with Crippen molar-refractivity contribution in [2.24, 2.45) is 5.10 Å². The van der Waals surface area contributed by atoms with Gasteiger partial charge in [0.25, 0.3) is 0 Å². The number of hydrogen-bond acceptors (Lipinski definition) is 6. The summed E-state index contributed by atoms with van der Waals surface area (Å²) in [5.74, 6) is 1.43. The molecule has 0 amide bonds. The van der Waals surface area contributed by atoms with E-state index in [9.17, 15) is 0 Å². The van der Waals surface area contributed by atoms with Crippen LogP contribution in [0, 0.1) is 6.92 Å². The molecule has 3 rings (SSSR count). The molecule has 6 heteroatoms. The topological polar surface area (TPSA) is 47.0 Å². The van der Waals surface area contributed by atoms with Crippen LogP contribution in [-0.4, -0.2) is 36.4 Å². The zero-order valence-corrected chi connectivity index (χ0v) is 15.0. The number of rotatable bonds is 6. The standard InChI is InChI=1S/C18H23N3O2S/c1-14-20-16(13-24-14)12-23-17-7-6-15(10-18(17)22-2)11-19-21-8-4-3-5-9-21/h6-7,10-11,13H,3-5,8-9,12H2,1-2H3/b19-11-. The highest BCUT2D eigenvalue weighted by Crippen LogP contribution is 2.28. The van der Waals surface area contributed by atoms with Crippen LogP contribution in [0.4, 0.5) is 0 Å². The molecule has 0 spiro atoms. The van der Waals surface area contributed by atoms with Crippen LogP contribution in [0.15, 0.2) is 28.7 Å². The van der Waals surface area contributed by atoms with Crippen LogP contribution in [0.3, 0.4) is 0 Å². The molecule has 0 N–H and O–H groups in total. The van der Waals surface area contributed by atoms with Crippen LogP contribution in [-0.2, 0) is 6.61 Å². The molecule has 0 atom stereocenters. The average Bonchev–Trinajstić information content (AvgIpc) is 3.04. The number of nitrogens with zero attached hydrogens (tertiary/aromatic N) is 3. The normalized spacial score (nSPS) is 15.0. The molecule has 2 heterocycles. The summed E-state index contributed by atoms with van der Waals surface area (Å²) in [5, 5.41) is 9.75. The predicted octanol–water partition coefficient (Wildman–Crippen LogP) is 3.86. The minimum Gasteiger partial charge on any atom is -0.493 e. The second-order valence-corrected chi connectivity index (χ2v) is 6.88. The highest BCUT2D eigenvalue weighted by molar-refractivity contribution is 7.09. The van der Waals surface area contributed by atoms with Crippen molar-refractivity contribution < 1.29 is 9.47 Å². The van der Waals surface area contributed by atoms with Crippen LogP contribution in [0.2, 0.25) is 0 Å². The van der Waals surface area contributed by atoms with Crippen LogP contribution in [0.5, 0.6) is 11.5 Å². The lowest BCUT2D eigenvalue weighted by atomic mass is 10.2. The Morgan fingerprint density at radius 3 is 2.79 bits per heavy atom. The van der Waals surface area contributed by atoms with Gasteiger partial charge in [0.05, 0.1) is 24.0 Å². The van der Waals surface area contributed by atoms with Gasteiger partial charge in [0.15, 0.2) is 11.5 Å². The van der Waals surface area contributed by atoms with E-state index in [0.717, 1.165) is 35.1 Å². The molecule has 0 unspecified atom stereocenters. The summed E-state index contributed by atoms with van der Waals surface area (Å²) in [6, 6.07) is 5.88. The van der Waals surface area contributed by atoms with Crippen LogP contribution in [0.1, 0.15) is 35.5 Å². The maximum Gasteiger partial charge on any atom is 0.161 e. The predicted molar refractivity (Wildman–Crippen MR) is 97.2 cm³/mol. The van der Waals surface area contributed by atoms with Crippen molar-refractivity contribution in [3.63, 3.8) is 0 Å². The summed E-state index contributed by atoms with van der Waals surface area (Å²) in [6.07, 6.45) is 5.65. The number of ether oxygens (including phenoxy) is 2. The fourth-order valence-corrected chi connectivity index (χ4v) is 3.25. The van der Waals surface area contributed by atoms with E-state index in [2.05, 4.69) is 15.1 Å². The lowest BCUT2D eigenvalue weighted by Crippen LogP contribution is -2.24. The Morgan fingerprint density at radius 1 is 1.25 bits per heavy atom. The Morgan fingerprint density at radius 2 is 2.08 bits per heavy atom. The molecule has 0 bridgehead atoms. The Kier molecular flexibility index (Phi) is 5.69. The maximum absolute atomic E-state index is 5.84. The minimum absolute atomic E-state index is 0.446. The van der Waals surface area contributed by atoms with E-state index in [1.807, 2.05) is 36.7 Å². The van der Waals surface area contributed by atoms with E-state index in [4.69, 9.17) is 9.47 Å². The Labute approximate surface area is 146 Å². The summed E-state index contributed by atoms with van der Waals surface area (Å²) in [7, 11) is 1.65. The first kappa shape index (κ1) is 16.8. The molecule has 1 aromatic heterocycles. The smallest absolute Gasteiger partial charge is 0.161 e. The van der Waals surface area contributed by atoms with Crippen molar-refractivity contribution >= 4 is 17.6 Å². The van der Waals surface area contributed by atoms with E-state index in [1.165, 1.54) is 19.3 Å². The second kappa shape index (κ2) is 8.15. The van der Waals surface area contributed by atoms with Gasteiger partial charge >= 0.3 is 0 Å². The molecule has 1 aromatic carbocycles. The Bertz CT molecular complexity index is 693. The molecule has 5 nitrogen and oxygen atoms in total. The molecule has 0 saturated carbocycles. The van der Waals surface area contributed by atoms with Crippen molar-refractivity contribution in [3.8, 4) is 11.5 Å². The summed E-state index contributed by atoms with van der Waals surface area (Å²) in [4.78, 5) is 4.41. The van der Waals surface area contributed by atoms with Gasteiger partial charge in [-0.2, -0.15) is 5.10 Å². The first-order valence-corrected chi connectivity index (χ1v) is 9.13. The highest BCUT2D eigenvalue weighted by atomic mass is 32.1. The highest BCUT2D eigenvalue weighted by Gasteiger charge is 2.08. The van der Waals surface area contributed by atoms with Gasteiger partial charge in [-0.1, -0.05) is 0 Å². The lowest BCUT2D eigenvalue weighted by Gasteiger charge is -2.23. The van der Waals surface area contributed by atoms with E-state index < -0.39 is 0 Å². The van der Waals surface area contributed by atoms with Crippen LogP contribution < -0.4 is 9.47 Å². The molecular formula is C18H23N3O2S. The van der Waals surface area contributed by atoms with E-state index in [1.54, 1.807) is 18.4 Å². The van der Waals surface area contributed by atoms with Crippen molar-refractivity contribution in [2.75, 3.05) is 20.2 Å². The zero-order chi connectivity index (χ0) is 16.8. The maximum atomic E-state index is 5.84. The fraction of sp³-hybridized carbons (Fsp3) is 0.444. The van der Waals surface area contributed by atoms with E-state index in [0.29, 0.717) is 12.4 Å². The molecule has 0 aliphatic carbocycles. The summed E-state index contributed by atoms with van der Waals surface area (Å²) in [6.45, 7) is 4.52.